The molecule has 1 heterocycles. The second-order valence-corrected chi connectivity index (χ2v) is 3.81. The van der Waals surface area contributed by atoms with Crippen LogP contribution in [-0.2, 0) is 9.47 Å². The minimum Gasteiger partial charge on any atom is -0.481 e. The van der Waals surface area contributed by atoms with Crippen molar-refractivity contribution in [3.05, 3.63) is 47.7 Å². The van der Waals surface area contributed by atoms with Gasteiger partial charge in [-0.05, 0) is 24.3 Å². The average molecular weight is 258 g/mol. The highest BCUT2D eigenvalue weighted by atomic mass is 16.5. The third kappa shape index (κ3) is 2.65. The van der Waals surface area contributed by atoms with Crippen molar-refractivity contribution in [2.75, 3.05) is 14.2 Å². The van der Waals surface area contributed by atoms with Gasteiger partial charge in [0.25, 0.3) is 0 Å². The topological polar surface area (TPSA) is 79.3 Å². The standard InChI is InChI=1S/C14H14N2O3/c1-17-13(15)10-5-3-9(4-6-10)11-7-8-12(19-11)14(16)18-2/h3-8,15-16H,1-2H3. The number of benzene rings is 1. The van der Waals surface area contributed by atoms with Gasteiger partial charge in [0.2, 0.25) is 11.8 Å². The molecule has 0 aliphatic carbocycles. The fourth-order valence-corrected chi connectivity index (χ4v) is 1.62. The van der Waals surface area contributed by atoms with E-state index in [0.29, 0.717) is 17.1 Å². The lowest BCUT2D eigenvalue weighted by molar-refractivity contribution is 0.385. The second-order valence-electron chi connectivity index (χ2n) is 3.81. The van der Waals surface area contributed by atoms with E-state index in [1.165, 1.54) is 14.2 Å². The Bertz CT molecular complexity index is 599. The number of furan rings is 1. The van der Waals surface area contributed by atoms with Crippen molar-refractivity contribution in [3.8, 4) is 11.3 Å². The van der Waals surface area contributed by atoms with Crippen LogP contribution in [0.4, 0.5) is 0 Å². The molecule has 0 unspecified atom stereocenters. The number of nitrogens with one attached hydrogen (secondary N) is 2. The molecule has 1 aromatic carbocycles. The fourth-order valence-electron chi connectivity index (χ4n) is 1.62. The van der Waals surface area contributed by atoms with Crippen molar-refractivity contribution in [3.63, 3.8) is 0 Å². The van der Waals surface area contributed by atoms with Gasteiger partial charge in [-0.1, -0.05) is 12.1 Å². The van der Waals surface area contributed by atoms with Crippen LogP contribution in [0.15, 0.2) is 40.8 Å². The van der Waals surface area contributed by atoms with Crippen LogP contribution in [0.2, 0.25) is 0 Å². The molecule has 1 aromatic heterocycles. The Morgan fingerprint density at radius 3 is 2.11 bits per heavy atom. The molecule has 2 rings (SSSR count). The maximum atomic E-state index is 7.55. The summed E-state index contributed by atoms with van der Waals surface area (Å²) in [5, 5.41) is 15.1. The lowest BCUT2D eigenvalue weighted by Gasteiger charge is -2.03. The van der Waals surface area contributed by atoms with Gasteiger partial charge in [0.1, 0.15) is 5.76 Å². The van der Waals surface area contributed by atoms with E-state index in [2.05, 4.69) is 0 Å². The van der Waals surface area contributed by atoms with Gasteiger partial charge in [-0.25, -0.2) is 0 Å². The molecule has 0 spiro atoms. The normalized spacial score (nSPS) is 10.0. The highest BCUT2D eigenvalue weighted by Gasteiger charge is 2.09. The maximum absolute atomic E-state index is 7.55. The molecule has 0 amide bonds. The van der Waals surface area contributed by atoms with Crippen LogP contribution in [0.25, 0.3) is 11.3 Å². The minimum absolute atomic E-state index is 0.0102. The number of hydrogen-bond donors (Lipinski definition) is 2. The van der Waals surface area contributed by atoms with Gasteiger partial charge < -0.3 is 13.9 Å². The molecule has 0 saturated carbocycles. The van der Waals surface area contributed by atoms with E-state index in [-0.39, 0.29) is 11.8 Å². The molecule has 0 radical (unpaired) electrons. The monoisotopic (exact) mass is 258 g/mol. The van der Waals surface area contributed by atoms with E-state index in [0.717, 1.165) is 5.56 Å². The third-order valence-corrected chi connectivity index (χ3v) is 2.67. The first-order chi connectivity index (χ1) is 9.15. The minimum atomic E-state index is -0.0102. The zero-order chi connectivity index (χ0) is 13.8. The fraction of sp³-hybridized carbons (Fsp3) is 0.143. The van der Waals surface area contributed by atoms with E-state index >= 15 is 0 Å². The maximum Gasteiger partial charge on any atom is 0.249 e. The average Bonchev–Trinajstić information content (AvgIpc) is 2.95. The zero-order valence-corrected chi connectivity index (χ0v) is 10.7. The highest BCUT2D eigenvalue weighted by molar-refractivity contribution is 5.92. The molecule has 5 heteroatoms. The molecular formula is C14H14N2O3. The molecule has 0 atom stereocenters. The highest BCUT2D eigenvalue weighted by Crippen LogP contribution is 2.23. The Labute approximate surface area is 110 Å². The van der Waals surface area contributed by atoms with Crippen molar-refractivity contribution >= 4 is 11.8 Å². The molecule has 0 fully saturated rings. The summed E-state index contributed by atoms with van der Waals surface area (Å²) >= 11 is 0. The lowest BCUT2D eigenvalue weighted by Crippen LogP contribution is -2.00. The van der Waals surface area contributed by atoms with Crippen molar-refractivity contribution < 1.29 is 13.9 Å². The second kappa shape index (κ2) is 5.39. The van der Waals surface area contributed by atoms with Gasteiger partial charge in [-0.3, -0.25) is 10.8 Å². The Morgan fingerprint density at radius 2 is 1.53 bits per heavy atom. The van der Waals surface area contributed by atoms with Gasteiger partial charge in [0.05, 0.1) is 14.2 Å². The van der Waals surface area contributed by atoms with E-state index in [1.54, 1.807) is 24.3 Å². The molecule has 2 aromatic rings. The molecule has 98 valence electrons. The van der Waals surface area contributed by atoms with Crippen molar-refractivity contribution in [1.82, 2.24) is 0 Å². The molecule has 19 heavy (non-hydrogen) atoms. The summed E-state index contributed by atoms with van der Waals surface area (Å²) in [4.78, 5) is 0. The molecule has 0 aliphatic rings. The quantitative estimate of drug-likeness (QED) is 0.656. The smallest absolute Gasteiger partial charge is 0.249 e. The summed E-state index contributed by atoms with van der Waals surface area (Å²) in [5.74, 6) is 1.13. The van der Waals surface area contributed by atoms with Crippen LogP contribution in [0.5, 0.6) is 0 Å². The number of rotatable bonds is 3. The first-order valence-corrected chi connectivity index (χ1v) is 5.62. The predicted molar refractivity (Wildman–Crippen MR) is 71.8 cm³/mol. The van der Waals surface area contributed by atoms with Gasteiger partial charge in [-0.15, -0.1) is 0 Å². The molecule has 2 N–H and O–H groups in total. The van der Waals surface area contributed by atoms with Crippen LogP contribution >= 0.6 is 0 Å². The van der Waals surface area contributed by atoms with Gasteiger partial charge in [0.15, 0.2) is 5.76 Å². The third-order valence-electron chi connectivity index (χ3n) is 2.67. The largest absolute Gasteiger partial charge is 0.481 e. The Hall–Kier alpha value is -2.56. The Kier molecular flexibility index (Phi) is 3.66. The first kappa shape index (κ1) is 12.9. The summed E-state index contributed by atoms with van der Waals surface area (Å²) in [6.45, 7) is 0. The van der Waals surface area contributed by atoms with E-state index in [4.69, 9.17) is 24.7 Å². The van der Waals surface area contributed by atoms with Crippen molar-refractivity contribution in [1.29, 1.82) is 10.8 Å². The van der Waals surface area contributed by atoms with Gasteiger partial charge in [-0.2, -0.15) is 0 Å². The van der Waals surface area contributed by atoms with E-state index in [1.807, 2.05) is 12.1 Å². The van der Waals surface area contributed by atoms with Crippen LogP contribution in [0, 0.1) is 10.8 Å². The molecule has 0 aliphatic heterocycles. The summed E-state index contributed by atoms with van der Waals surface area (Å²) in [5.41, 5.74) is 1.56. The number of methoxy groups -OCH3 is 2. The predicted octanol–water partition coefficient (Wildman–Crippen LogP) is 2.89. The van der Waals surface area contributed by atoms with E-state index < -0.39 is 0 Å². The van der Waals surface area contributed by atoms with Crippen molar-refractivity contribution in [2.45, 2.75) is 0 Å². The van der Waals surface area contributed by atoms with Crippen LogP contribution in [-0.4, -0.2) is 26.0 Å². The molecule has 5 nitrogen and oxygen atoms in total. The summed E-state index contributed by atoms with van der Waals surface area (Å²) in [6, 6.07) is 10.7. The Balaban J connectivity index is 2.25. The van der Waals surface area contributed by atoms with E-state index in [9.17, 15) is 0 Å². The lowest BCUT2D eigenvalue weighted by atomic mass is 10.1. The zero-order valence-electron chi connectivity index (χ0n) is 10.7. The summed E-state index contributed by atoms with van der Waals surface area (Å²) < 4.78 is 15.2. The molecule has 0 bridgehead atoms. The first-order valence-electron chi connectivity index (χ1n) is 5.62. The number of ether oxygens (including phenoxy) is 2. The molecular weight excluding hydrogens is 244 g/mol. The number of hydrogen-bond acceptors (Lipinski definition) is 5. The van der Waals surface area contributed by atoms with Gasteiger partial charge in [0, 0.05) is 11.1 Å². The van der Waals surface area contributed by atoms with Crippen LogP contribution in [0.3, 0.4) is 0 Å². The SMILES string of the molecule is COC(=N)c1ccc(-c2ccc(C(=N)OC)o2)cc1. The summed E-state index contributed by atoms with van der Waals surface area (Å²) in [6.07, 6.45) is 0. The van der Waals surface area contributed by atoms with Crippen molar-refractivity contribution in [2.24, 2.45) is 0 Å². The van der Waals surface area contributed by atoms with Crippen LogP contribution < -0.4 is 0 Å². The summed E-state index contributed by atoms with van der Waals surface area (Å²) in [7, 11) is 2.89. The molecule has 0 saturated heterocycles. The van der Waals surface area contributed by atoms with Gasteiger partial charge >= 0.3 is 0 Å². The Morgan fingerprint density at radius 1 is 0.895 bits per heavy atom. The van der Waals surface area contributed by atoms with Crippen LogP contribution in [0.1, 0.15) is 11.3 Å².